The molecule has 0 amide bonds. The summed E-state index contributed by atoms with van der Waals surface area (Å²) < 4.78 is 0. The van der Waals surface area contributed by atoms with Crippen molar-refractivity contribution in [3.05, 3.63) is 0 Å². The van der Waals surface area contributed by atoms with Crippen molar-refractivity contribution in [1.29, 1.82) is 0 Å². The topological polar surface area (TPSA) is 60.8 Å². The molecule has 1 fully saturated rings. The standard InChI is InChI=1S/C9H17NO3/c1-8(2,3)10-6-4-5-9(10,13)7(11)12/h13H,4-6H2,1-3H3,(H,11,12). The average molecular weight is 187 g/mol. The van der Waals surface area contributed by atoms with Gasteiger partial charge in [0.2, 0.25) is 5.72 Å². The van der Waals surface area contributed by atoms with Gasteiger partial charge in [0.15, 0.2) is 0 Å². The third-order valence-electron chi connectivity index (χ3n) is 2.51. The number of nitrogens with zero attached hydrogens (tertiary/aromatic N) is 1. The Labute approximate surface area is 78.2 Å². The maximum Gasteiger partial charge on any atom is 0.351 e. The Bertz CT molecular complexity index is 221. The van der Waals surface area contributed by atoms with Crippen LogP contribution in [0.3, 0.4) is 0 Å². The van der Waals surface area contributed by atoms with Gasteiger partial charge >= 0.3 is 5.97 Å². The largest absolute Gasteiger partial charge is 0.478 e. The zero-order chi connectivity index (χ0) is 10.3. The third-order valence-corrected chi connectivity index (χ3v) is 2.51. The highest BCUT2D eigenvalue weighted by atomic mass is 16.4. The van der Waals surface area contributed by atoms with Crippen LogP contribution >= 0.6 is 0 Å². The molecule has 13 heavy (non-hydrogen) atoms. The molecule has 1 saturated heterocycles. The number of carbonyl (C=O) groups is 1. The molecule has 0 radical (unpaired) electrons. The molecule has 1 rings (SSSR count). The van der Waals surface area contributed by atoms with Crippen LogP contribution in [-0.4, -0.2) is 38.9 Å². The quantitative estimate of drug-likeness (QED) is 0.633. The van der Waals surface area contributed by atoms with E-state index >= 15 is 0 Å². The summed E-state index contributed by atoms with van der Waals surface area (Å²) >= 11 is 0. The van der Waals surface area contributed by atoms with E-state index in [0.29, 0.717) is 13.0 Å². The molecule has 1 heterocycles. The van der Waals surface area contributed by atoms with Gasteiger partial charge in [-0.1, -0.05) is 0 Å². The summed E-state index contributed by atoms with van der Waals surface area (Å²) in [6, 6.07) is 0. The maximum absolute atomic E-state index is 10.9. The van der Waals surface area contributed by atoms with Crippen LogP contribution in [0, 0.1) is 0 Å². The van der Waals surface area contributed by atoms with Gasteiger partial charge in [0, 0.05) is 18.5 Å². The van der Waals surface area contributed by atoms with Crippen molar-refractivity contribution in [3.8, 4) is 0 Å². The Morgan fingerprint density at radius 3 is 2.31 bits per heavy atom. The normalized spacial score (nSPS) is 30.8. The van der Waals surface area contributed by atoms with Crippen molar-refractivity contribution in [2.45, 2.75) is 44.9 Å². The van der Waals surface area contributed by atoms with Crippen LogP contribution in [0.15, 0.2) is 0 Å². The third kappa shape index (κ3) is 1.69. The summed E-state index contributed by atoms with van der Waals surface area (Å²) in [6.07, 6.45) is 1.06. The SMILES string of the molecule is CC(C)(C)N1CCCC1(O)C(=O)O. The van der Waals surface area contributed by atoms with Crippen LogP contribution < -0.4 is 0 Å². The number of hydrogen-bond donors (Lipinski definition) is 2. The summed E-state index contributed by atoms with van der Waals surface area (Å²) in [5.74, 6) is -1.14. The van der Waals surface area contributed by atoms with E-state index in [1.165, 1.54) is 0 Å². The van der Waals surface area contributed by atoms with Crippen LogP contribution in [-0.2, 0) is 4.79 Å². The number of carboxylic acids is 1. The minimum Gasteiger partial charge on any atom is -0.478 e. The van der Waals surface area contributed by atoms with E-state index in [1.54, 1.807) is 4.90 Å². The molecule has 4 heteroatoms. The highest BCUT2D eigenvalue weighted by Crippen LogP contribution is 2.33. The molecule has 0 aromatic carbocycles. The monoisotopic (exact) mass is 187 g/mol. The highest BCUT2D eigenvalue weighted by Gasteiger charge is 2.50. The first-order chi connectivity index (χ1) is 5.78. The molecular weight excluding hydrogens is 170 g/mol. The van der Waals surface area contributed by atoms with Gasteiger partial charge in [0.25, 0.3) is 0 Å². The molecule has 2 N–H and O–H groups in total. The molecule has 1 atom stereocenters. The predicted molar refractivity (Wildman–Crippen MR) is 48.3 cm³/mol. The average Bonchev–Trinajstić information content (AvgIpc) is 2.31. The molecule has 4 nitrogen and oxygen atoms in total. The first-order valence-electron chi connectivity index (χ1n) is 4.52. The first kappa shape index (κ1) is 10.5. The summed E-state index contributed by atoms with van der Waals surface area (Å²) in [4.78, 5) is 12.5. The van der Waals surface area contributed by atoms with Crippen LogP contribution in [0.2, 0.25) is 0 Å². The first-order valence-corrected chi connectivity index (χ1v) is 4.52. The van der Waals surface area contributed by atoms with Crippen LogP contribution in [0.25, 0.3) is 0 Å². The summed E-state index contributed by atoms with van der Waals surface area (Å²) in [5, 5.41) is 18.8. The molecule has 1 aliphatic rings. The zero-order valence-corrected chi connectivity index (χ0v) is 8.37. The number of hydrogen-bond acceptors (Lipinski definition) is 3. The van der Waals surface area contributed by atoms with Crippen molar-refractivity contribution < 1.29 is 15.0 Å². The number of rotatable bonds is 1. The van der Waals surface area contributed by atoms with E-state index in [4.69, 9.17) is 5.11 Å². The van der Waals surface area contributed by atoms with Crippen LogP contribution in [0.5, 0.6) is 0 Å². The summed E-state index contributed by atoms with van der Waals surface area (Å²) in [7, 11) is 0. The lowest BCUT2D eigenvalue weighted by atomic mass is 10.0. The van der Waals surface area contributed by atoms with Gasteiger partial charge in [-0.2, -0.15) is 0 Å². The molecule has 0 aromatic rings. The molecule has 0 aliphatic carbocycles. The minimum absolute atomic E-state index is 0.302. The van der Waals surface area contributed by atoms with Gasteiger partial charge in [-0.25, -0.2) is 4.79 Å². The summed E-state index contributed by atoms with van der Waals surface area (Å²) in [6.45, 7) is 6.37. The Kier molecular flexibility index (Phi) is 2.38. The number of aliphatic carboxylic acids is 1. The second-order valence-corrected chi connectivity index (χ2v) is 4.55. The molecule has 0 saturated carbocycles. The number of likely N-dealkylation sites (tertiary alicyclic amines) is 1. The lowest BCUT2D eigenvalue weighted by Gasteiger charge is -2.39. The molecule has 76 valence electrons. The lowest BCUT2D eigenvalue weighted by Crippen LogP contribution is -2.57. The second-order valence-electron chi connectivity index (χ2n) is 4.55. The van der Waals surface area contributed by atoms with Gasteiger partial charge < -0.3 is 10.2 Å². The fourth-order valence-corrected chi connectivity index (χ4v) is 1.92. The second kappa shape index (κ2) is 2.96. The van der Waals surface area contributed by atoms with Gasteiger partial charge in [-0.15, -0.1) is 0 Å². The van der Waals surface area contributed by atoms with Crippen molar-refractivity contribution in [3.63, 3.8) is 0 Å². The molecule has 1 aliphatic heterocycles. The van der Waals surface area contributed by atoms with E-state index < -0.39 is 11.7 Å². The predicted octanol–water partition coefficient (Wildman–Crippen LogP) is 0.654. The number of carboxylic acid groups (broad SMARTS) is 1. The van der Waals surface area contributed by atoms with E-state index in [2.05, 4.69) is 0 Å². The molecular formula is C9H17NO3. The molecule has 0 spiro atoms. The van der Waals surface area contributed by atoms with Crippen LogP contribution in [0.1, 0.15) is 33.6 Å². The Morgan fingerprint density at radius 1 is 1.46 bits per heavy atom. The van der Waals surface area contributed by atoms with E-state index in [-0.39, 0.29) is 5.54 Å². The van der Waals surface area contributed by atoms with Gasteiger partial charge in [-0.3, -0.25) is 4.90 Å². The summed E-state index contributed by atoms with van der Waals surface area (Å²) in [5.41, 5.74) is -1.96. The minimum atomic E-state index is -1.65. The lowest BCUT2D eigenvalue weighted by molar-refractivity contribution is -0.185. The van der Waals surface area contributed by atoms with Crippen molar-refractivity contribution >= 4 is 5.97 Å². The number of aliphatic hydroxyl groups is 1. The Balaban J connectivity index is 2.93. The molecule has 0 aromatic heterocycles. The molecule has 0 bridgehead atoms. The van der Waals surface area contributed by atoms with E-state index in [0.717, 1.165) is 6.42 Å². The Hall–Kier alpha value is -0.610. The van der Waals surface area contributed by atoms with Crippen LogP contribution in [0.4, 0.5) is 0 Å². The maximum atomic E-state index is 10.9. The fraction of sp³-hybridized carbons (Fsp3) is 0.889. The zero-order valence-electron chi connectivity index (χ0n) is 8.37. The van der Waals surface area contributed by atoms with Crippen molar-refractivity contribution in [2.75, 3.05) is 6.54 Å². The van der Waals surface area contributed by atoms with E-state index in [1.807, 2.05) is 20.8 Å². The Morgan fingerprint density at radius 2 is 2.00 bits per heavy atom. The van der Waals surface area contributed by atoms with Gasteiger partial charge in [0.05, 0.1) is 0 Å². The smallest absolute Gasteiger partial charge is 0.351 e. The van der Waals surface area contributed by atoms with Crippen molar-refractivity contribution in [1.82, 2.24) is 4.90 Å². The van der Waals surface area contributed by atoms with Gasteiger partial charge in [-0.05, 0) is 27.2 Å². The highest BCUT2D eigenvalue weighted by molar-refractivity contribution is 5.77. The fourth-order valence-electron chi connectivity index (χ4n) is 1.92. The van der Waals surface area contributed by atoms with Gasteiger partial charge in [0.1, 0.15) is 0 Å². The molecule has 1 unspecified atom stereocenters. The van der Waals surface area contributed by atoms with E-state index in [9.17, 15) is 9.90 Å². The van der Waals surface area contributed by atoms with Crippen molar-refractivity contribution in [2.24, 2.45) is 0 Å².